The highest BCUT2D eigenvalue weighted by Crippen LogP contribution is 2.31. The van der Waals surface area contributed by atoms with Gasteiger partial charge in [-0.2, -0.15) is 0 Å². The lowest BCUT2D eigenvalue weighted by Crippen LogP contribution is -1.83. The Morgan fingerprint density at radius 1 is 1.36 bits per heavy atom. The molecule has 0 N–H and O–H groups in total. The summed E-state index contributed by atoms with van der Waals surface area (Å²) in [4.78, 5) is 0. The van der Waals surface area contributed by atoms with Crippen molar-refractivity contribution in [1.82, 2.24) is 0 Å². The van der Waals surface area contributed by atoms with Crippen molar-refractivity contribution in [1.29, 1.82) is 0 Å². The van der Waals surface area contributed by atoms with E-state index in [-0.39, 0.29) is 0 Å². The molecule has 0 radical (unpaired) electrons. The monoisotopic (exact) mass is 204 g/mol. The Labute approximate surface area is 89.9 Å². The van der Waals surface area contributed by atoms with E-state index in [9.17, 15) is 0 Å². The Balaban J connectivity index is 2.45. The summed E-state index contributed by atoms with van der Waals surface area (Å²) in [5.41, 5.74) is 5.30. The molecule has 1 heteroatoms. The van der Waals surface area contributed by atoms with Gasteiger partial charge in [-0.3, -0.25) is 0 Å². The van der Waals surface area contributed by atoms with Gasteiger partial charge in [0.25, 0.3) is 0 Å². The van der Waals surface area contributed by atoms with Crippen LogP contribution < -0.4 is 0 Å². The van der Waals surface area contributed by atoms with Crippen molar-refractivity contribution in [3.05, 3.63) is 52.1 Å². The molecule has 1 aromatic rings. The van der Waals surface area contributed by atoms with Gasteiger partial charge < -0.3 is 0 Å². The summed E-state index contributed by atoms with van der Waals surface area (Å²) in [5.74, 6) is 0. The minimum Gasteiger partial charge on any atom is -0.0843 e. The molecule has 0 unspecified atom stereocenters. The third-order valence-electron chi connectivity index (χ3n) is 2.37. The van der Waals surface area contributed by atoms with Gasteiger partial charge in [-0.1, -0.05) is 35.4 Å². The van der Waals surface area contributed by atoms with Crippen LogP contribution in [0.3, 0.4) is 0 Å². The summed E-state index contributed by atoms with van der Waals surface area (Å²) in [7, 11) is 0. The highest BCUT2D eigenvalue weighted by atomic mass is 35.5. The second-order valence-corrected chi connectivity index (χ2v) is 4.32. The van der Waals surface area contributed by atoms with Crippen LogP contribution >= 0.6 is 11.6 Å². The average molecular weight is 205 g/mol. The molecule has 0 aliphatic heterocycles. The number of fused-ring (bicyclic) bond motifs is 1. The quantitative estimate of drug-likeness (QED) is 0.642. The van der Waals surface area contributed by atoms with Crippen LogP contribution in [0.5, 0.6) is 0 Å². The van der Waals surface area contributed by atoms with Gasteiger partial charge in [0.05, 0.1) is 0 Å². The first-order valence-corrected chi connectivity index (χ1v) is 5.18. The zero-order valence-corrected chi connectivity index (χ0v) is 9.23. The van der Waals surface area contributed by atoms with Crippen molar-refractivity contribution in [2.75, 3.05) is 0 Å². The van der Waals surface area contributed by atoms with Gasteiger partial charge in [-0.15, -0.1) is 0 Å². The molecule has 1 aliphatic rings. The van der Waals surface area contributed by atoms with Gasteiger partial charge in [0.15, 0.2) is 0 Å². The van der Waals surface area contributed by atoms with Gasteiger partial charge in [-0.25, -0.2) is 0 Å². The first-order chi connectivity index (χ1) is 6.66. The molecule has 72 valence electrons. The first kappa shape index (κ1) is 9.54. The zero-order valence-electron chi connectivity index (χ0n) is 8.47. The van der Waals surface area contributed by atoms with Crippen molar-refractivity contribution in [2.45, 2.75) is 20.3 Å². The number of benzene rings is 1. The number of hydrogen-bond acceptors (Lipinski definition) is 0. The van der Waals surface area contributed by atoms with Gasteiger partial charge in [0, 0.05) is 5.02 Å². The van der Waals surface area contributed by atoms with E-state index in [4.69, 9.17) is 11.6 Å². The minimum absolute atomic E-state index is 0.818. The molecule has 0 atom stereocenters. The molecule has 0 amide bonds. The third kappa shape index (κ3) is 1.76. The Kier molecular flexibility index (Phi) is 2.47. The summed E-state index contributed by atoms with van der Waals surface area (Å²) in [5, 5.41) is 0.818. The molecule has 0 bridgehead atoms. The topological polar surface area (TPSA) is 0 Å². The molecule has 0 saturated carbocycles. The highest BCUT2D eigenvalue weighted by Gasteiger charge is 2.11. The summed E-state index contributed by atoms with van der Waals surface area (Å²) in [6.45, 7) is 4.23. The van der Waals surface area contributed by atoms with Crippen LogP contribution in [0.4, 0.5) is 0 Å². The second-order valence-electron chi connectivity index (χ2n) is 3.89. The molecule has 0 heterocycles. The summed E-state index contributed by atoms with van der Waals surface area (Å²) in [6.07, 6.45) is 5.50. The Morgan fingerprint density at radius 3 is 2.86 bits per heavy atom. The fourth-order valence-corrected chi connectivity index (χ4v) is 1.95. The van der Waals surface area contributed by atoms with Crippen LogP contribution in [0.15, 0.2) is 35.9 Å². The summed E-state index contributed by atoms with van der Waals surface area (Å²) < 4.78 is 0. The van der Waals surface area contributed by atoms with Crippen LogP contribution in [-0.2, 0) is 6.42 Å². The van der Waals surface area contributed by atoms with Crippen molar-refractivity contribution in [2.24, 2.45) is 0 Å². The molecule has 2 rings (SSSR count). The van der Waals surface area contributed by atoms with E-state index in [2.05, 4.69) is 38.1 Å². The fraction of sp³-hybridized carbons (Fsp3) is 0.231. The maximum atomic E-state index is 5.98. The zero-order chi connectivity index (χ0) is 10.1. The molecule has 1 aromatic carbocycles. The van der Waals surface area contributed by atoms with Gasteiger partial charge >= 0.3 is 0 Å². The maximum absolute atomic E-state index is 5.98. The first-order valence-electron chi connectivity index (χ1n) is 4.80. The lowest BCUT2D eigenvalue weighted by molar-refractivity contribution is 1.31. The molecule has 0 aromatic heterocycles. The van der Waals surface area contributed by atoms with Crippen LogP contribution in [0.25, 0.3) is 5.57 Å². The van der Waals surface area contributed by atoms with Crippen LogP contribution in [-0.4, -0.2) is 0 Å². The minimum atomic E-state index is 0.818. The standard InChI is InChI=1S/C13H13Cl/c1-9(2)7-11-4-3-10-5-6-12(14)8-13(10)11/h4-8H,3H2,1-2H3. The molecule has 0 spiro atoms. The molecule has 0 nitrogen and oxygen atoms in total. The lowest BCUT2D eigenvalue weighted by atomic mass is 10.0. The maximum Gasteiger partial charge on any atom is 0.0412 e. The van der Waals surface area contributed by atoms with E-state index in [0.29, 0.717) is 0 Å². The van der Waals surface area contributed by atoms with E-state index in [1.807, 2.05) is 6.07 Å². The number of rotatable bonds is 1. The SMILES string of the molecule is CC(C)=CC1=CCc2ccc(Cl)cc21. The molecule has 0 saturated heterocycles. The fourth-order valence-electron chi connectivity index (χ4n) is 1.77. The van der Waals surface area contributed by atoms with Crippen molar-refractivity contribution >= 4 is 17.2 Å². The van der Waals surface area contributed by atoms with E-state index in [1.54, 1.807) is 0 Å². The van der Waals surface area contributed by atoms with Gasteiger partial charge in [0.2, 0.25) is 0 Å². The van der Waals surface area contributed by atoms with Crippen molar-refractivity contribution in [3.8, 4) is 0 Å². The van der Waals surface area contributed by atoms with Crippen LogP contribution in [0.1, 0.15) is 25.0 Å². The van der Waals surface area contributed by atoms with E-state index < -0.39 is 0 Å². The van der Waals surface area contributed by atoms with E-state index in [0.717, 1.165) is 11.4 Å². The Morgan fingerprint density at radius 2 is 2.14 bits per heavy atom. The van der Waals surface area contributed by atoms with E-state index in [1.165, 1.54) is 22.3 Å². The summed E-state index contributed by atoms with van der Waals surface area (Å²) >= 11 is 5.98. The molecule has 14 heavy (non-hydrogen) atoms. The molecule has 0 fully saturated rings. The predicted molar refractivity (Wildman–Crippen MR) is 62.6 cm³/mol. The van der Waals surface area contributed by atoms with Crippen LogP contribution in [0.2, 0.25) is 5.02 Å². The second kappa shape index (κ2) is 3.62. The number of allylic oxidation sites excluding steroid dienone is 4. The summed E-state index contributed by atoms with van der Waals surface area (Å²) in [6, 6.07) is 6.12. The number of halogens is 1. The average Bonchev–Trinajstić information content (AvgIpc) is 2.47. The van der Waals surface area contributed by atoms with Crippen LogP contribution in [0, 0.1) is 0 Å². The third-order valence-corrected chi connectivity index (χ3v) is 2.60. The predicted octanol–water partition coefficient (Wildman–Crippen LogP) is 4.25. The highest BCUT2D eigenvalue weighted by molar-refractivity contribution is 6.30. The molecular formula is C13H13Cl. The normalized spacial score (nSPS) is 13.5. The van der Waals surface area contributed by atoms with E-state index >= 15 is 0 Å². The van der Waals surface area contributed by atoms with Crippen molar-refractivity contribution < 1.29 is 0 Å². The van der Waals surface area contributed by atoms with Gasteiger partial charge in [0.1, 0.15) is 0 Å². The van der Waals surface area contributed by atoms with Gasteiger partial charge in [-0.05, 0) is 49.1 Å². The number of hydrogen-bond donors (Lipinski definition) is 0. The Bertz CT molecular complexity index is 421. The Hall–Kier alpha value is -1.01. The lowest BCUT2D eigenvalue weighted by Gasteiger charge is -2.02. The smallest absolute Gasteiger partial charge is 0.0412 e. The van der Waals surface area contributed by atoms with Crippen molar-refractivity contribution in [3.63, 3.8) is 0 Å². The largest absolute Gasteiger partial charge is 0.0843 e. The molecule has 1 aliphatic carbocycles. The molecular weight excluding hydrogens is 192 g/mol.